The summed E-state index contributed by atoms with van der Waals surface area (Å²) in [5.74, 6) is -3.62. The first kappa shape index (κ1) is 26.0. The van der Waals surface area contributed by atoms with E-state index in [2.05, 4.69) is 16.0 Å². The number of carboxylic acid groups (broad SMARTS) is 2. The average Bonchev–Trinajstić information content (AvgIpc) is 2.72. The molecular formula is C20H25N3O9. The van der Waals surface area contributed by atoms with Gasteiger partial charge in [0.1, 0.15) is 30.0 Å². The lowest BCUT2D eigenvalue weighted by Gasteiger charge is -2.14. The fourth-order valence-electron chi connectivity index (χ4n) is 2.13. The highest BCUT2D eigenvalue weighted by molar-refractivity contribution is 6.27. The molecule has 0 fully saturated rings. The number of para-hydroxylation sites is 1. The highest BCUT2D eigenvalue weighted by atomic mass is 16.5. The van der Waals surface area contributed by atoms with Gasteiger partial charge in [0.2, 0.25) is 0 Å². The van der Waals surface area contributed by atoms with Crippen molar-refractivity contribution < 1.29 is 44.7 Å². The van der Waals surface area contributed by atoms with E-state index >= 15 is 0 Å². The Hall–Kier alpha value is -4.03. The number of anilines is 1. The third-order valence-corrected chi connectivity index (χ3v) is 3.50. The lowest BCUT2D eigenvalue weighted by molar-refractivity contribution is -0.159. The number of amides is 2. The van der Waals surface area contributed by atoms with E-state index in [0.29, 0.717) is 18.8 Å². The van der Waals surface area contributed by atoms with Gasteiger partial charge in [-0.15, -0.1) is 0 Å². The molecule has 0 bridgehead atoms. The van der Waals surface area contributed by atoms with Gasteiger partial charge in [-0.1, -0.05) is 18.2 Å². The van der Waals surface area contributed by atoms with Crippen LogP contribution in [-0.2, 0) is 9.59 Å². The van der Waals surface area contributed by atoms with Gasteiger partial charge in [0, 0.05) is 43.5 Å². The van der Waals surface area contributed by atoms with Gasteiger partial charge in [-0.25, -0.2) is 14.4 Å². The number of carbonyl (C=O) groups is 3. The standard InChI is InChI=1S/C18H23N3O5.C2H2O4/c22-14-8-15(23)10-17(9-14)26-12-16(24)11-19-6-7-20-18(25)21-13-4-2-1-3-5-13;3-1(4)2(5)6/h1-5,8-10,16,19,22-24H,6-7,11-12H2,(H2,20,21,25);(H,3,4)(H,5,6). The molecule has 0 heterocycles. The Morgan fingerprint density at radius 3 is 2.06 bits per heavy atom. The second kappa shape index (κ2) is 14.1. The Kier molecular flexibility index (Phi) is 11.4. The van der Waals surface area contributed by atoms with Crippen molar-refractivity contribution in [2.24, 2.45) is 0 Å². The average molecular weight is 451 g/mol. The molecule has 1 unspecified atom stereocenters. The Morgan fingerprint density at radius 2 is 1.50 bits per heavy atom. The molecular weight excluding hydrogens is 426 g/mol. The van der Waals surface area contributed by atoms with Crippen LogP contribution in [0.25, 0.3) is 0 Å². The van der Waals surface area contributed by atoms with Crippen molar-refractivity contribution in [1.82, 2.24) is 10.6 Å². The Labute approximate surface area is 183 Å². The van der Waals surface area contributed by atoms with Gasteiger partial charge in [-0.2, -0.15) is 0 Å². The van der Waals surface area contributed by atoms with Crippen LogP contribution < -0.4 is 20.7 Å². The first-order valence-electron chi connectivity index (χ1n) is 9.28. The van der Waals surface area contributed by atoms with Crippen molar-refractivity contribution in [3.63, 3.8) is 0 Å². The SMILES string of the molecule is O=C(NCCNCC(O)COc1cc(O)cc(O)c1)Nc1ccccc1.O=C(O)C(=O)O. The largest absolute Gasteiger partial charge is 0.508 e. The minimum absolute atomic E-state index is 0.00217. The zero-order valence-electron chi connectivity index (χ0n) is 16.9. The van der Waals surface area contributed by atoms with Crippen molar-refractivity contribution in [2.45, 2.75) is 6.10 Å². The number of aromatic hydroxyl groups is 2. The monoisotopic (exact) mass is 451 g/mol. The number of rotatable bonds is 9. The van der Waals surface area contributed by atoms with Crippen LogP contribution in [0, 0.1) is 0 Å². The fourth-order valence-corrected chi connectivity index (χ4v) is 2.13. The number of urea groups is 1. The maximum atomic E-state index is 11.7. The van der Waals surface area contributed by atoms with Gasteiger partial charge in [-0.05, 0) is 12.1 Å². The van der Waals surface area contributed by atoms with Gasteiger partial charge < -0.3 is 46.2 Å². The van der Waals surface area contributed by atoms with E-state index in [1.54, 1.807) is 12.1 Å². The fraction of sp³-hybridized carbons (Fsp3) is 0.250. The molecule has 0 radical (unpaired) electrons. The molecule has 2 rings (SSSR count). The van der Waals surface area contributed by atoms with Crippen LogP contribution in [-0.4, -0.2) is 75.8 Å². The molecule has 0 aromatic heterocycles. The summed E-state index contributed by atoms with van der Waals surface area (Å²) in [7, 11) is 0. The van der Waals surface area contributed by atoms with Crippen LogP contribution in [0.1, 0.15) is 0 Å². The predicted octanol–water partition coefficient (Wildman–Crippen LogP) is 0.404. The van der Waals surface area contributed by atoms with Crippen molar-refractivity contribution >= 4 is 23.7 Å². The van der Waals surface area contributed by atoms with Gasteiger partial charge in [0.25, 0.3) is 0 Å². The quantitative estimate of drug-likeness (QED) is 0.195. The van der Waals surface area contributed by atoms with Crippen LogP contribution >= 0.6 is 0 Å². The molecule has 32 heavy (non-hydrogen) atoms. The van der Waals surface area contributed by atoms with Crippen molar-refractivity contribution in [3.8, 4) is 17.2 Å². The smallest absolute Gasteiger partial charge is 0.414 e. The zero-order chi connectivity index (χ0) is 23.9. The number of phenolic OH excluding ortho intramolecular Hbond substituents is 2. The van der Waals surface area contributed by atoms with Crippen molar-refractivity contribution in [1.29, 1.82) is 0 Å². The number of ether oxygens (including phenoxy) is 1. The van der Waals surface area contributed by atoms with Crippen LogP contribution in [0.2, 0.25) is 0 Å². The summed E-state index contributed by atoms with van der Waals surface area (Å²) in [6.45, 7) is 1.14. The number of aliphatic carboxylic acids is 2. The molecule has 2 amide bonds. The third-order valence-electron chi connectivity index (χ3n) is 3.50. The summed E-state index contributed by atoms with van der Waals surface area (Å²) in [5.41, 5.74) is 0.712. The van der Waals surface area contributed by atoms with Gasteiger partial charge in [-0.3, -0.25) is 0 Å². The lowest BCUT2D eigenvalue weighted by atomic mass is 10.3. The lowest BCUT2D eigenvalue weighted by Crippen LogP contribution is -2.38. The number of carbonyl (C=O) groups excluding carboxylic acids is 1. The number of nitrogens with one attached hydrogen (secondary N) is 3. The molecule has 0 aliphatic rings. The minimum Gasteiger partial charge on any atom is -0.508 e. The molecule has 2 aromatic rings. The van der Waals surface area contributed by atoms with Crippen LogP contribution in [0.3, 0.4) is 0 Å². The number of phenols is 2. The van der Waals surface area contributed by atoms with Crippen molar-refractivity contribution in [2.75, 3.05) is 31.6 Å². The first-order valence-corrected chi connectivity index (χ1v) is 9.28. The van der Waals surface area contributed by atoms with E-state index in [0.717, 1.165) is 0 Å². The Bertz CT molecular complexity index is 846. The highest BCUT2D eigenvalue weighted by Gasteiger charge is 2.07. The molecule has 12 nitrogen and oxygen atoms in total. The topological polar surface area (TPSA) is 198 Å². The summed E-state index contributed by atoms with van der Waals surface area (Å²) >= 11 is 0. The highest BCUT2D eigenvalue weighted by Crippen LogP contribution is 2.25. The number of aliphatic hydroxyl groups is 1. The second-order valence-corrected chi connectivity index (χ2v) is 6.21. The maximum Gasteiger partial charge on any atom is 0.414 e. The van der Waals surface area contributed by atoms with E-state index in [-0.39, 0.29) is 36.4 Å². The van der Waals surface area contributed by atoms with E-state index in [1.807, 2.05) is 18.2 Å². The Morgan fingerprint density at radius 1 is 0.906 bits per heavy atom. The third kappa shape index (κ3) is 11.8. The van der Waals surface area contributed by atoms with Gasteiger partial charge >= 0.3 is 18.0 Å². The number of aliphatic hydroxyl groups excluding tert-OH is 1. The molecule has 0 saturated carbocycles. The predicted molar refractivity (Wildman–Crippen MR) is 113 cm³/mol. The van der Waals surface area contributed by atoms with Gasteiger partial charge in [0.05, 0.1) is 0 Å². The molecule has 0 saturated heterocycles. The molecule has 12 heteroatoms. The normalized spacial score (nSPS) is 10.8. The van der Waals surface area contributed by atoms with Gasteiger partial charge in [0.15, 0.2) is 0 Å². The molecule has 1 atom stereocenters. The second-order valence-electron chi connectivity index (χ2n) is 6.21. The van der Waals surface area contributed by atoms with Crippen LogP contribution in [0.5, 0.6) is 17.2 Å². The Balaban J connectivity index is 0.000000751. The minimum atomic E-state index is -1.82. The molecule has 2 aromatic carbocycles. The summed E-state index contributed by atoms with van der Waals surface area (Å²) in [4.78, 5) is 29.9. The molecule has 0 aliphatic heterocycles. The van der Waals surface area contributed by atoms with Crippen LogP contribution in [0.15, 0.2) is 48.5 Å². The zero-order valence-corrected chi connectivity index (χ0v) is 16.9. The molecule has 174 valence electrons. The maximum absolute atomic E-state index is 11.7. The van der Waals surface area contributed by atoms with E-state index in [9.17, 15) is 20.1 Å². The molecule has 0 spiro atoms. The molecule has 8 N–H and O–H groups in total. The summed E-state index contributed by atoms with van der Waals surface area (Å²) in [6.07, 6.45) is -0.780. The molecule has 0 aliphatic carbocycles. The first-order chi connectivity index (χ1) is 15.2. The van der Waals surface area contributed by atoms with E-state index in [1.165, 1.54) is 18.2 Å². The van der Waals surface area contributed by atoms with E-state index < -0.39 is 18.0 Å². The number of carboxylic acids is 2. The van der Waals surface area contributed by atoms with Crippen LogP contribution in [0.4, 0.5) is 10.5 Å². The number of hydrogen-bond donors (Lipinski definition) is 8. The summed E-state index contributed by atoms with van der Waals surface area (Å²) in [5, 5.41) is 51.7. The number of hydrogen-bond acceptors (Lipinski definition) is 8. The summed E-state index contributed by atoms with van der Waals surface area (Å²) in [6, 6.07) is 12.7. The summed E-state index contributed by atoms with van der Waals surface area (Å²) < 4.78 is 5.30. The van der Waals surface area contributed by atoms with Crippen molar-refractivity contribution in [3.05, 3.63) is 48.5 Å². The number of benzene rings is 2. The van der Waals surface area contributed by atoms with E-state index in [4.69, 9.17) is 24.5 Å².